The Morgan fingerprint density at radius 3 is 2.25 bits per heavy atom. The fraction of sp³-hybridized carbons (Fsp3) is 1.00. The predicted octanol–water partition coefficient (Wildman–Crippen LogP) is 1.27. The van der Waals surface area contributed by atoms with Crippen LogP contribution in [0.15, 0.2) is 0 Å². The van der Waals surface area contributed by atoms with E-state index < -0.39 is 12.6 Å². The number of halogens is 3. The molecule has 0 aliphatic carbocycles. The molecule has 0 aromatic rings. The highest BCUT2D eigenvalue weighted by atomic mass is 19.4. The zero-order valence-electron chi connectivity index (χ0n) is 6.95. The molecule has 5 heteroatoms. The molecular weight excluding hydrogens is 169 g/mol. The van der Waals surface area contributed by atoms with Crippen molar-refractivity contribution in [1.82, 2.24) is 5.32 Å². The summed E-state index contributed by atoms with van der Waals surface area (Å²) < 4.78 is 34.8. The van der Waals surface area contributed by atoms with Gasteiger partial charge in [-0.3, -0.25) is 0 Å². The summed E-state index contributed by atoms with van der Waals surface area (Å²) in [5.41, 5.74) is 5.17. The maximum Gasteiger partial charge on any atom is 0.389 e. The lowest BCUT2D eigenvalue weighted by Crippen LogP contribution is -2.23. The second-order valence-corrected chi connectivity index (χ2v) is 2.61. The molecule has 0 fully saturated rings. The Morgan fingerprint density at radius 1 is 1.08 bits per heavy atom. The number of alkyl halides is 3. The van der Waals surface area contributed by atoms with Crippen LogP contribution in [0.5, 0.6) is 0 Å². The van der Waals surface area contributed by atoms with Crippen molar-refractivity contribution in [3.05, 3.63) is 0 Å². The Kier molecular flexibility index (Phi) is 6.10. The number of hydrogen-bond donors (Lipinski definition) is 2. The topological polar surface area (TPSA) is 38.0 Å². The number of rotatable bonds is 6. The lowest BCUT2D eigenvalue weighted by Gasteiger charge is -2.05. The molecule has 0 atom stereocenters. The van der Waals surface area contributed by atoms with Crippen LogP contribution in [0.4, 0.5) is 13.2 Å². The van der Waals surface area contributed by atoms with E-state index in [9.17, 15) is 13.2 Å². The van der Waals surface area contributed by atoms with Crippen molar-refractivity contribution in [2.24, 2.45) is 5.73 Å². The van der Waals surface area contributed by atoms with Gasteiger partial charge in [0.1, 0.15) is 0 Å². The molecule has 0 saturated carbocycles. The van der Waals surface area contributed by atoms with Crippen LogP contribution in [0.1, 0.15) is 19.3 Å². The molecule has 0 radical (unpaired) electrons. The zero-order valence-corrected chi connectivity index (χ0v) is 6.95. The van der Waals surface area contributed by atoms with Crippen LogP contribution in [0.25, 0.3) is 0 Å². The van der Waals surface area contributed by atoms with Gasteiger partial charge in [0.25, 0.3) is 0 Å². The van der Waals surface area contributed by atoms with Crippen molar-refractivity contribution >= 4 is 0 Å². The van der Waals surface area contributed by atoms with Gasteiger partial charge in [-0.25, -0.2) is 0 Å². The van der Waals surface area contributed by atoms with Crippen LogP contribution in [0, 0.1) is 0 Å². The number of nitrogens with two attached hydrogens (primary N) is 1. The largest absolute Gasteiger partial charge is 0.389 e. The van der Waals surface area contributed by atoms with E-state index in [4.69, 9.17) is 5.73 Å². The first-order chi connectivity index (χ1) is 5.56. The van der Waals surface area contributed by atoms with Gasteiger partial charge >= 0.3 is 6.18 Å². The van der Waals surface area contributed by atoms with Crippen LogP contribution >= 0.6 is 0 Å². The third kappa shape index (κ3) is 9.71. The van der Waals surface area contributed by atoms with E-state index in [0.29, 0.717) is 26.1 Å². The Balaban J connectivity index is 3.01. The molecule has 0 amide bonds. The molecule has 2 nitrogen and oxygen atoms in total. The van der Waals surface area contributed by atoms with Gasteiger partial charge < -0.3 is 11.1 Å². The van der Waals surface area contributed by atoms with Gasteiger partial charge in [-0.1, -0.05) is 0 Å². The first-order valence-corrected chi connectivity index (χ1v) is 4.04. The van der Waals surface area contributed by atoms with Gasteiger partial charge in [-0.15, -0.1) is 0 Å². The number of unbranched alkanes of at least 4 members (excludes halogenated alkanes) is 1. The van der Waals surface area contributed by atoms with Crippen molar-refractivity contribution in [2.45, 2.75) is 25.4 Å². The monoisotopic (exact) mass is 184 g/mol. The first kappa shape index (κ1) is 11.7. The molecule has 0 aliphatic heterocycles. The second kappa shape index (κ2) is 6.25. The fourth-order valence-corrected chi connectivity index (χ4v) is 0.803. The molecule has 74 valence electrons. The van der Waals surface area contributed by atoms with Crippen LogP contribution in [-0.2, 0) is 0 Å². The lowest BCUT2D eigenvalue weighted by atomic mass is 10.2. The Bertz CT molecular complexity index is 103. The summed E-state index contributed by atoms with van der Waals surface area (Å²) in [6.07, 6.45) is -3.94. The third-order valence-corrected chi connectivity index (χ3v) is 1.38. The maximum absolute atomic E-state index is 11.6. The van der Waals surface area contributed by atoms with Crippen LogP contribution in [0.2, 0.25) is 0 Å². The van der Waals surface area contributed by atoms with Gasteiger partial charge in [-0.05, 0) is 19.4 Å². The van der Waals surface area contributed by atoms with E-state index in [1.54, 1.807) is 0 Å². The molecular formula is C7H15F3N2. The Morgan fingerprint density at radius 2 is 1.75 bits per heavy atom. The van der Waals surface area contributed by atoms with E-state index >= 15 is 0 Å². The van der Waals surface area contributed by atoms with Crippen molar-refractivity contribution in [3.8, 4) is 0 Å². The summed E-state index contributed by atoms with van der Waals surface area (Å²) in [6, 6.07) is 0. The average Bonchev–Trinajstić information content (AvgIpc) is 1.94. The van der Waals surface area contributed by atoms with Crippen LogP contribution in [0.3, 0.4) is 0 Å². The molecule has 12 heavy (non-hydrogen) atoms. The van der Waals surface area contributed by atoms with E-state index in [2.05, 4.69) is 5.32 Å². The SMILES string of the molecule is NCCNCCCCC(F)(F)F. The fourth-order valence-electron chi connectivity index (χ4n) is 0.803. The smallest absolute Gasteiger partial charge is 0.329 e. The van der Waals surface area contributed by atoms with E-state index in [1.165, 1.54) is 0 Å². The predicted molar refractivity (Wildman–Crippen MR) is 41.8 cm³/mol. The summed E-state index contributed by atoms with van der Waals surface area (Å²) in [5.74, 6) is 0. The second-order valence-electron chi connectivity index (χ2n) is 2.61. The summed E-state index contributed by atoms with van der Waals surface area (Å²) >= 11 is 0. The highest BCUT2D eigenvalue weighted by Gasteiger charge is 2.25. The van der Waals surface area contributed by atoms with Crippen molar-refractivity contribution in [3.63, 3.8) is 0 Å². The van der Waals surface area contributed by atoms with Crippen molar-refractivity contribution < 1.29 is 13.2 Å². The number of hydrogen-bond acceptors (Lipinski definition) is 2. The summed E-state index contributed by atoms with van der Waals surface area (Å²) in [7, 11) is 0. The highest BCUT2D eigenvalue weighted by molar-refractivity contribution is 4.53. The molecule has 0 aliphatic rings. The molecule has 0 aromatic heterocycles. The number of nitrogens with one attached hydrogen (secondary N) is 1. The van der Waals surface area contributed by atoms with Gasteiger partial charge in [0.05, 0.1) is 0 Å². The summed E-state index contributed by atoms with van der Waals surface area (Å²) in [4.78, 5) is 0. The minimum atomic E-state index is -4.01. The minimum Gasteiger partial charge on any atom is -0.329 e. The lowest BCUT2D eigenvalue weighted by molar-refractivity contribution is -0.135. The molecule has 0 bridgehead atoms. The Labute approximate surface area is 70.3 Å². The molecule has 0 aromatic carbocycles. The molecule has 0 spiro atoms. The first-order valence-electron chi connectivity index (χ1n) is 4.04. The van der Waals surface area contributed by atoms with Crippen molar-refractivity contribution in [1.29, 1.82) is 0 Å². The molecule has 0 heterocycles. The zero-order chi connectivity index (χ0) is 9.45. The van der Waals surface area contributed by atoms with E-state index in [0.717, 1.165) is 0 Å². The molecule has 0 unspecified atom stereocenters. The molecule has 3 N–H and O–H groups in total. The van der Waals surface area contributed by atoms with Gasteiger partial charge in [0.2, 0.25) is 0 Å². The van der Waals surface area contributed by atoms with Gasteiger partial charge in [0, 0.05) is 19.5 Å². The quantitative estimate of drug-likeness (QED) is 0.610. The minimum absolute atomic E-state index is 0.196. The standard InChI is InChI=1S/C7H15F3N2/c8-7(9,10)3-1-2-5-12-6-4-11/h12H,1-6,11H2. The van der Waals surface area contributed by atoms with Crippen LogP contribution < -0.4 is 11.1 Å². The molecule has 0 saturated heterocycles. The van der Waals surface area contributed by atoms with Gasteiger partial charge in [-0.2, -0.15) is 13.2 Å². The highest BCUT2D eigenvalue weighted by Crippen LogP contribution is 2.21. The summed E-state index contributed by atoms with van der Waals surface area (Å²) in [5, 5.41) is 2.93. The normalized spacial score (nSPS) is 12.0. The summed E-state index contributed by atoms with van der Waals surface area (Å²) in [6.45, 7) is 1.82. The van der Waals surface area contributed by atoms with Crippen LogP contribution in [-0.4, -0.2) is 25.8 Å². The van der Waals surface area contributed by atoms with E-state index in [-0.39, 0.29) is 6.42 Å². The van der Waals surface area contributed by atoms with Crippen molar-refractivity contribution in [2.75, 3.05) is 19.6 Å². The molecule has 0 rings (SSSR count). The van der Waals surface area contributed by atoms with Gasteiger partial charge in [0.15, 0.2) is 0 Å². The average molecular weight is 184 g/mol. The maximum atomic E-state index is 11.6. The van der Waals surface area contributed by atoms with E-state index in [1.807, 2.05) is 0 Å². The third-order valence-electron chi connectivity index (χ3n) is 1.38. The Hall–Kier alpha value is -0.290.